The summed E-state index contributed by atoms with van der Waals surface area (Å²) in [6, 6.07) is 0. The lowest BCUT2D eigenvalue weighted by Gasteiger charge is -2.00. The Morgan fingerprint density at radius 1 is 1.56 bits per heavy atom. The van der Waals surface area contributed by atoms with Crippen LogP contribution in [-0.2, 0) is 16.4 Å². The summed E-state index contributed by atoms with van der Waals surface area (Å²) in [5, 5.41) is 7.39. The predicted molar refractivity (Wildman–Crippen MR) is 68.7 cm³/mol. The maximum atomic E-state index is 11.1. The van der Waals surface area contributed by atoms with Gasteiger partial charge in [-0.25, -0.2) is 14.3 Å². The molecular weight excluding hydrogens is 278 g/mol. The van der Waals surface area contributed by atoms with Crippen LogP contribution in [0.4, 0.5) is 0 Å². The highest BCUT2D eigenvalue weighted by molar-refractivity contribution is 8.00. The second-order valence-corrected chi connectivity index (χ2v) is 7.07. The van der Waals surface area contributed by atoms with E-state index in [0.717, 1.165) is 0 Å². The quantitative estimate of drug-likeness (QED) is 0.276. The topological polar surface area (TPSA) is 120 Å². The molecule has 0 aromatic carbocycles. The number of carbonyl (C=O) groups is 1. The number of nitrogens with zero attached hydrogens (tertiary/aromatic N) is 3. The van der Waals surface area contributed by atoms with Gasteiger partial charge in [0.25, 0.3) is 5.91 Å². The molecule has 0 unspecified atom stereocenters. The number of amides is 1. The van der Waals surface area contributed by atoms with E-state index in [0.29, 0.717) is 18.1 Å². The van der Waals surface area contributed by atoms with Crippen LogP contribution in [0.3, 0.4) is 0 Å². The number of nitrogen functional groups attached to an aromatic ring is 1. The van der Waals surface area contributed by atoms with Crippen molar-refractivity contribution in [2.75, 3.05) is 23.5 Å². The van der Waals surface area contributed by atoms with E-state index in [9.17, 15) is 13.2 Å². The zero-order valence-electron chi connectivity index (χ0n) is 9.87. The molecule has 1 amide bonds. The monoisotopic (exact) mass is 293 g/mol. The van der Waals surface area contributed by atoms with Gasteiger partial charge < -0.3 is 0 Å². The zero-order valence-corrected chi connectivity index (χ0v) is 11.5. The summed E-state index contributed by atoms with van der Waals surface area (Å²) in [7, 11) is -2.90. The van der Waals surface area contributed by atoms with E-state index >= 15 is 0 Å². The van der Waals surface area contributed by atoms with Crippen LogP contribution in [0.1, 0.15) is 10.5 Å². The van der Waals surface area contributed by atoms with Crippen LogP contribution in [0.2, 0.25) is 0 Å². The van der Waals surface area contributed by atoms with Crippen molar-refractivity contribution in [1.29, 1.82) is 0 Å². The molecule has 10 heteroatoms. The van der Waals surface area contributed by atoms with Crippen LogP contribution in [0.25, 0.3) is 0 Å². The molecule has 102 valence electrons. The minimum atomic E-state index is -2.90. The first-order chi connectivity index (χ1) is 8.42. The Labute approximate surface area is 109 Å². The number of rotatable bonds is 7. The van der Waals surface area contributed by atoms with Crippen molar-refractivity contribution in [2.24, 2.45) is 5.84 Å². The molecule has 1 aromatic heterocycles. The molecule has 0 radical (unpaired) electrons. The Bertz CT molecular complexity index is 499. The Morgan fingerprint density at radius 2 is 2.28 bits per heavy atom. The van der Waals surface area contributed by atoms with Gasteiger partial charge in [0.05, 0.1) is 18.5 Å². The van der Waals surface area contributed by atoms with Gasteiger partial charge in [-0.05, 0) is 0 Å². The fraction of sp³-hybridized carbons (Fsp3) is 0.625. The number of aromatic nitrogens is 3. The molecule has 0 aliphatic heterocycles. The highest BCUT2D eigenvalue weighted by Gasteiger charge is 2.08. The molecule has 0 saturated heterocycles. The van der Waals surface area contributed by atoms with E-state index in [1.54, 1.807) is 0 Å². The second kappa shape index (κ2) is 6.71. The first kappa shape index (κ1) is 14.9. The average Bonchev–Trinajstić information content (AvgIpc) is 2.75. The first-order valence-electron chi connectivity index (χ1n) is 5.09. The van der Waals surface area contributed by atoms with Gasteiger partial charge in [0.15, 0.2) is 5.69 Å². The van der Waals surface area contributed by atoms with Crippen molar-refractivity contribution in [1.82, 2.24) is 20.4 Å². The van der Waals surface area contributed by atoms with Crippen LogP contribution in [-0.4, -0.2) is 52.8 Å². The highest BCUT2D eigenvalue weighted by atomic mass is 32.2. The summed E-state index contributed by atoms with van der Waals surface area (Å²) >= 11 is 1.51. The van der Waals surface area contributed by atoms with Crippen molar-refractivity contribution in [3.63, 3.8) is 0 Å². The lowest BCUT2D eigenvalue weighted by atomic mass is 10.5. The van der Waals surface area contributed by atoms with Gasteiger partial charge >= 0.3 is 0 Å². The lowest BCUT2D eigenvalue weighted by molar-refractivity contribution is 0.0948. The summed E-state index contributed by atoms with van der Waals surface area (Å²) in [5.41, 5.74) is 2.11. The number of hydrazine groups is 1. The number of nitrogens with one attached hydrogen (secondary N) is 1. The van der Waals surface area contributed by atoms with E-state index in [-0.39, 0.29) is 11.4 Å². The summed E-state index contributed by atoms with van der Waals surface area (Å²) in [5.74, 6) is 5.87. The number of hydrogen-bond acceptors (Lipinski definition) is 7. The fourth-order valence-corrected chi connectivity index (χ4v) is 3.26. The molecule has 0 aliphatic rings. The molecule has 3 N–H and O–H groups in total. The summed E-state index contributed by atoms with van der Waals surface area (Å²) in [4.78, 5) is 11.1. The van der Waals surface area contributed by atoms with Gasteiger partial charge in [0.1, 0.15) is 9.84 Å². The largest absolute Gasteiger partial charge is 0.289 e. The van der Waals surface area contributed by atoms with E-state index in [1.807, 2.05) is 5.43 Å². The molecule has 8 nitrogen and oxygen atoms in total. The Balaban J connectivity index is 2.28. The maximum absolute atomic E-state index is 11.1. The molecule has 18 heavy (non-hydrogen) atoms. The lowest BCUT2D eigenvalue weighted by Crippen LogP contribution is -2.30. The van der Waals surface area contributed by atoms with Crippen molar-refractivity contribution in [3.8, 4) is 0 Å². The van der Waals surface area contributed by atoms with Gasteiger partial charge in [-0.1, -0.05) is 5.21 Å². The third kappa shape index (κ3) is 5.47. The molecule has 0 fully saturated rings. The third-order valence-electron chi connectivity index (χ3n) is 1.97. The van der Waals surface area contributed by atoms with Crippen LogP contribution >= 0.6 is 11.8 Å². The fourth-order valence-electron chi connectivity index (χ4n) is 1.06. The smallest absolute Gasteiger partial charge is 0.287 e. The van der Waals surface area contributed by atoms with E-state index < -0.39 is 15.7 Å². The number of sulfone groups is 1. The number of aryl methyl sites for hydroxylation is 1. The third-order valence-corrected chi connectivity index (χ3v) is 4.13. The van der Waals surface area contributed by atoms with Crippen LogP contribution in [0.15, 0.2) is 6.20 Å². The molecule has 0 saturated carbocycles. The molecule has 1 rings (SSSR count). The Hall–Kier alpha value is -1.13. The van der Waals surface area contributed by atoms with Gasteiger partial charge in [-0.3, -0.25) is 14.9 Å². The normalized spacial score (nSPS) is 11.4. The van der Waals surface area contributed by atoms with E-state index in [4.69, 9.17) is 5.84 Å². The summed E-state index contributed by atoms with van der Waals surface area (Å²) < 4.78 is 23.3. The summed E-state index contributed by atoms with van der Waals surface area (Å²) in [6.07, 6.45) is 2.70. The zero-order chi connectivity index (χ0) is 13.6. The number of nitrogens with two attached hydrogens (primary N) is 1. The molecule has 1 aromatic rings. The minimum absolute atomic E-state index is 0.152. The van der Waals surface area contributed by atoms with Crippen molar-refractivity contribution >= 4 is 27.5 Å². The second-order valence-electron chi connectivity index (χ2n) is 3.58. The van der Waals surface area contributed by atoms with Crippen molar-refractivity contribution in [3.05, 3.63) is 11.9 Å². The Kier molecular flexibility index (Phi) is 5.56. The number of thioether (sulfide) groups is 1. The van der Waals surface area contributed by atoms with Crippen LogP contribution in [0.5, 0.6) is 0 Å². The number of hydrogen-bond donors (Lipinski definition) is 2. The standard InChI is InChI=1S/C8H15N5O3S2/c1-18(15,16)5-4-17-3-2-13-6-7(11-12-13)8(14)10-9/h6H,2-5,9H2,1H3,(H,10,14). The van der Waals surface area contributed by atoms with Gasteiger partial charge in [-0.15, -0.1) is 5.10 Å². The van der Waals surface area contributed by atoms with Crippen LogP contribution < -0.4 is 11.3 Å². The molecule has 0 aliphatic carbocycles. The Morgan fingerprint density at radius 3 is 2.89 bits per heavy atom. The molecule has 0 bridgehead atoms. The predicted octanol–water partition coefficient (Wildman–Crippen LogP) is -1.34. The maximum Gasteiger partial charge on any atom is 0.287 e. The molecule has 0 atom stereocenters. The average molecular weight is 293 g/mol. The molecular formula is C8H15N5O3S2. The van der Waals surface area contributed by atoms with Crippen molar-refractivity contribution in [2.45, 2.75) is 6.54 Å². The SMILES string of the molecule is CS(=O)(=O)CCSCCn1cc(C(=O)NN)nn1. The first-order valence-corrected chi connectivity index (χ1v) is 8.30. The number of carbonyl (C=O) groups excluding carboxylic acids is 1. The highest BCUT2D eigenvalue weighted by Crippen LogP contribution is 2.03. The van der Waals surface area contributed by atoms with Gasteiger partial charge in [-0.2, -0.15) is 11.8 Å². The minimum Gasteiger partial charge on any atom is -0.289 e. The summed E-state index contributed by atoms with van der Waals surface area (Å²) in [6.45, 7) is 0.555. The van der Waals surface area contributed by atoms with Gasteiger partial charge in [0.2, 0.25) is 0 Å². The van der Waals surface area contributed by atoms with Crippen LogP contribution in [0, 0.1) is 0 Å². The van der Waals surface area contributed by atoms with E-state index in [2.05, 4.69) is 10.3 Å². The van der Waals surface area contributed by atoms with Gasteiger partial charge in [0, 0.05) is 17.8 Å². The van der Waals surface area contributed by atoms with E-state index in [1.165, 1.54) is 28.9 Å². The molecule has 1 heterocycles. The van der Waals surface area contributed by atoms with Crippen molar-refractivity contribution < 1.29 is 13.2 Å². The molecule has 0 spiro atoms.